The fraction of sp³-hybridized carbons (Fsp3) is 0. The van der Waals surface area contributed by atoms with Crippen LogP contribution in [0.3, 0.4) is 0 Å². The summed E-state index contributed by atoms with van der Waals surface area (Å²) in [7, 11) is -2.77. The molecule has 1 aliphatic heterocycles. The summed E-state index contributed by atoms with van der Waals surface area (Å²) in [6, 6.07) is 96.8. The number of hydrogen-bond donors (Lipinski definition) is 0. The van der Waals surface area contributed by atoms with Gasteiger partial charge in [0.2, 0.25) is 0 Å². The van der Waals surface area contributed by atoms with Crippen molar-refractivity contribution in [2.24, 2.45) is 0 Å². The predicted octanol–water partition coefficient (Wildman–Crippen LogP) is 10.8. The van der Waals surface area contributed by atoms with Crippen LogP contribution in [0.15, 0.2) is 261 Å². The van der Waals surface area contributed by atoms with E-state index in [1.54, 1.807) is 0 Å². The average molecular weight is 831 g/mol. The first-order valence-electron chi connectivity index (χ1n) is 22.2. The van der Waals surface area contributed by atoms with E-state index >= 15 is 0 Å². The van der Waals surface area contributed by atoms with Crippen LogP contribution in [-0.4, -0.2) is 19.5 Å². The first-order chi connectivity index (χ1) is 31.8. The lowest BCUT2D eigenvalue weighted by Gasteiger charge is -2.39. The number of nitrogens with zero attached hydrogens (tertiary/aromatic N) is 2. The van der Waals surface area contributed by atoms with Gasteiger partial charge in [-0.3, -0.25) is 0 Å². The van der Waals surface area contributed by atoms with Gasteiger partial charge in [0.25, 0.3) is 0 Å². The maximum absolute atomic E-state index is 2.77. The zero-order valence-corrected chi connectivity index (χ0v) is 36.3. The fourth-order valence-corrected chi connectivity index (χ4v) is 15.5. The molecule has 11 aromatic rings. The minimum Gasteiger partial charge on any atom is -0.376 e. The number of rotatable bonds is 8. The third-order valence-corrected chi connectivity index (χ3v) is 18.1. The molecule has 0 fully saturated rings. The van der Waals surface area contributed by atoms with Crippen LogP contribution in [0.25, 0.3) is 49.7 Å². The smallest absolute Gasteiger partial charge is 0.328 e. The van der Waals surface area contributed by atoms with Gasteiger partial charge in [-0.15, -0.1) is 0 Å². The van der Waals surface area contributed by atoms with E-state index in [1.165, 1.54) is 81.4 Å². The van der Waals surface area contributed by atoms with Crippen molar-refractivity contribution in [3.8, 4) is 27.9 Å². The molecule has 0 saturated heterocycles. The van der Waals surface area contributed by atoms with Gasteiger partial charge in [0.1, 0.15) is 0 Å². The Morgan fingerprint density at radius 3 is 1.58 bits per heavy atom. The highest BCUT2D eigenvalue weighted by Gasteiger charge is 2.42. The Morgan fingerprint density at radius 2 is 0.859 bits per heavy atom. The molecular formula is C60H43BN2Si. The lowest BCUT2D eigenvalue weighted by atomic mass is 9.46. The van der Waals surface area contributed by atoms with E-state index in [0.29, 0.717) is 0 Å². The van der Waals surface area contributed by atoms with Crippen LogP contribution in [0.2, 0.25) is 0 Å². The quantitative estimate of drug-likeness (QED) is 0.109. The topological polar surface area (TPSA) is 8.17 Å². The van der Waals surface area contributed by atoms with Crippen LogP contribution in [0.4, 0.5) is 11.4 Å². The van der Waals surface area contributed by atoms with Crippen molar-refractivity contribution in [3.05, 3.63) is 261 Å². The fourth-order valence-electron chi connectivity index (χ4n) is 10.7. The average Bonchev–Trinajstić information content (AvgIpc) is 3.72. The van der Waals surface area contributed by atoms with Gasteiger partial charge in [0.15, 0.2) is 8.07 Å². The third kappa shape index (κ3) is 6.02. The predicted molar refractivity (Wildman–Crippen MR) is 275 cm³/mol. The molecular weight excluding hydrogens is 788 g/mol. The van der Waals surface area contributed by atoms with Gasteiger partial charge in [-0.2, -0.15) is 0 Å². The minimum atomic E-state index is -2.77. The third-order valence-electron chi connectivity index (χ3n) is 13.4. The molecule has 10 aromatic carbocycles. The molecule has 12 rings (SSSR count). The van der Waals surface area contributed by atoms with Crippen molar-refractivity contribution in [2.45, 2.75) is 0 Å². The Balaban J connectivity index is 1.09. The standard InChI is InChI=1S/C60H43BN2Si/c1-5-23-45(24-6-1)61-57-39-16-13-34-53(57)54-35-15-18-41-59(54)63(61)47-26-20-25-46(43-47)62-58-40-17-14-36-55(58)56-38-21-37-52(60(56)62)44-22-19-33-51(42-44)64(48-27-7-2-8-28-48,49-29-9-3-10-30-49)50-31-11-4-12-32-50/h1-43H. The highest BCUT2D eigenvalue weighted by atomic mass is 28.3. The summed E-state index contributed by atoms with van der Waals surface area (Å²) in [4.78, 5) is 2.55. The summed E-state index contributed by atoms with van der Waals surface area (Å²) >= 11 is 0. The van der Waals surface area contributed by atoms with Crippen LogP contribution in [0.5, 0.6) is 0 Å². The molecule has 0 unspecified atom stereocenters. The van der Waals surface area contributed by atoms with Crippen LogP contribution < -0.4 is 36.5 Å². The summed E-state index contributed by atoms with van der Waals surface area (Å²) in [5.74, 6) is 0. The van der Waals surface area contributed by atoms with Crippen LogP contribution in [-0.2, 0) is 0 Å². The van der Waals surface area contributed by atoms with Gasteiger partial charge < -0.3 is 9.38 Å². The minimum absolute atomic E-state index is 0.0118. The summed E-state index contributed by atoms with van der Waals surface area (Å²) < 4.78 is 2.51. The Morgan fingerprint density at radius 1 is 0.344 bits per heavy atom. The van der Waals surface area contributed by atoms with E-state index in [1.807, 2.05) is 0 Å². The van der Waals surface area contributed by atoms with Crippen molar-refractivity contribution in [3.63, 3.8) is 0 Å². The van der Waals surface area contributed by atoms with Crippen molar-refractivity contribution >= 4 is 79.8 Å². The second-order valence-corrected chi connectivity index (χ2v) is 20.6. The molecule has 0 aliphatic carbocycles. The van der Waals surface area contributed by atoms with E-state index in [9.17, 15) is 0 Å². The normalized spacial score (nSPS) is 12.3. The molecule has 300 valence electrons. The van der Waals surface area contributed by atoms with Crippen LogP contribution in [0.1, 0.15) is 0 Å². The molecule has 4 heteroatoms. The number of benzene rings is 10. The maximum Gasteiger partial charge on any atom is 0.328 e. The second-order valence-electron chi connectivity index (χ2n) is 16.8. The monoisotopic (exact) mass is 830 g/mol. The molecule has 0 bridgehead atoms. The van der Waals surface area contributed by atoms with Crippen molar-refractivity contribution in [2.75, 3.05) is 4.81 Å². The Labute approximate surface area is 376 Å². The zero-order valence-electron chi connectivity index (χ0n) is 35.3. The maximum atomic E-state index is 2.55. The summed E-state index contributed by atoms with van der Waals surface area (Å²) in [5, 5.41) is 7.92. The van der Waals surface area contributed by atoms with Crippen LogP contribution >= 0.6 is 0 Å². The lowest BCUT2D eigenvalue weighted by Crippen LogP contribution is -2.74. The number of fused-ring (bicyclic) bond motifs is 6. The molecule has 2 heterocycles. The molecule has 1 aliphatic rings. The number of anilines is 2. The van der Waals surface area contributed by atoms with E-state index in [0.717, 1.165) is 11.4 Å². The van der Waals surface area contributed by atoms with E-state index in [4.69, 9.17) is 0 Å². The first-order valence-corrected chi connectivity index (χ1v) is 24.2. The molecule has 0 atom stereocenters. The van der Waals surface area contributed by atoms with E-state index < -0.39 is 8.07 Å². The summed E-state index contributed by atoms with van der Waals surface area (Å²) in [5.41, 5.74) is 13.4. The highest BCUT2D eigenvalue weighted by molar-refractivity contribution is 7.20. The highest BCUT2D eigenvalue weighted by Crippen LogP contribution is 2.42. The molecule has 0 amide bonds. The molecule has 0 N–H and O–H groups in total. The van der Waals surface area contributed by atoms with E-state index in [2.05, 4.69) is 270 Å². The van der Waals surface area contributed by atoms with Crippen LogP contribution in [0, 0.1) is 0 Å². The molecule has 0 spiro atoms. The number of para-hydroxylation sites is 3. The largest absolute Gasteiger partial charge is 0.376 e. The zero-order chi connectivity index (χ0) is 42.5. The summed E-state index contributed by atoms with van der Waals surface area (Å²) in [6.45, 7) is -0.0118. The van der Waals surface area contributed by atoms with Gasteiger partial charge in [0, 0.05) is 39.0 Å². The lowest BCUT2D eigenvalue weighted by molar-refractivity contribution is 1.18. The first kappa shape index (κ1) is 37.8. The summed E-state index contributed by atoms with van der Waals surface area (Å²) in [6.07, 6.45) is 0. The van der Waals surface area contributed by atoms with Gasteiger partial charge in [-0.1, -0.05) is 236 Å². The number of hydrogen-bond acceptors (Lipinski definition) is 1. The Bertz CT molecular complexity index is 3360. The molecule has 0 saturated carbocycles. The second kappa shape index (κ2) is 15.8. The molecule has 2 nitrogen and oxygen atoms in total. The van der Waals surface area contributed by atoms with Crippen molar-refractivity contribution < 1.29 is 0 Å². The van der Waals surface area contributed by atoms with E-state index in [-0.39, 0.29) is 6.85 Å². The molecule has 0 radical (unpaired) electrons. The Hall–Kier alpha value is -7.92. The molecule has 64 heavy (non-hydrogen) atoms. The van der Waals surface area contributed by atoms with Gasteiger partial charge >= 0.3 is 6.85 Å². The van der Waals surface area contributed by atoms with Gasteiger partial charge in [0.05, 0.1) is 11.0 Å². The van der Waals surface area contributed by atoms with Gasteiger partial charge in [-0.25, -0.2) is 0 Å². The van der Waals surface area contributed by atoms with Crippen molar-refractivity contribution in [1.82, 2.24) is 4.57 Å². The van der Waals surface area contributed by atoms with Crippen molar-refractivity contribution in [1.29, 1.82) is 0 Å². The molecule has 1 aromatic heterocycles. The Kier molecular flexibility index (Phi) is 9.32. The number of aromatic nitrogens is 1. The van der Waals surface area contributed by atoms with Gasteiger partial charge in [-0.05, 0) is 67.7 Å². The SMILES string of the molecule is c1ccc(B2c3ccccc3-c3ccccc3N2c2cccc(-n3c4ccccc4c4cccc(-c5cccc([Si](c6ccccc6)(c6ccccc6)c6ccccc6)c5)c43)c2)cc1.